The van der Waals surface area contributed by atoms with Gasteiger partial charge in [0.1, 0.15) is 0 Å². The minimum Gasteiger partial charge on any atom is -0.463 e. The van der Waals surface area contributed by atoms with Gasteiger partial charge in [0.2, 0.25) is 0 Å². The summed E-state index contributed by atoms with van der Waals surface area (Å²) in [6.45, 7) is 9.22. The Bertz CT molecular complexity index is 1340. The van der Waals surface area contributed by atoms with Gasteiger partial charge in [0.25, 0.3) is 5.78 Å². The Labute approximate surface area is 194 Å². The van der Waals surface area contributed by atoms with Gasteiger partial charge in [-0.2, -0.15) is 0 Å². The van der Waals surface area contributed by atoms with Gasteiger partial charge >= 0.3 is 5.97 Å². The molecule has 0 saturated heterocycles. The van der Waals surface area contributed by atoms with Crippen LogP contribution in [0.3, 0.4) is 0 Å². The molecule has 4 heteroatoms. The van der Waals surface area contributed by atoms with Crippen molar-refractivity contribution in [3.63, 3.8) is 0 Å². The summed E-state index contributed by atoms with van der Waals surface area (Å²) in [5, 5.41) is 0.746. The molecule has 0 aliphatic rings. The van der Waals surface area contributed by atoms with Crippen LogP contribution in [-0.4, -0.2) is 23.4 Å². The van der Waals surface area contributed by atoms with E-state index in [0.717, 1.165) is 33.2 Å². The Hall–Kier alpha value is -3.66. The molecule has 1 aromatic heterocycles. The van der Waals surface area contributed by atoms with Crippen LogP contribution in [0.2, 0.25) is 0 Å². The minimum atomic E-state index is -0.857. The van der Waals surface area contributed by atoms with E-state index < -0.39 is 11.8 Å². The Morgan fingerprint density at radius 1 is 0.909 bits per heavy atom. The van der Waals surface area contributed by atoms with E-state index in [4.69, 9.17) is 4.74 Å². The van der Waals surface area contributed by atoms with Crippen LogP contribution in [0.1, 0.15) is 47.8 Å². The van der Waals surface area contributed by atoms with Crippen LogP contribution < -0.4 is 0 Å². The summed E-state index contributed by atoms with van der Waals surface area (Å²) < 4.78 is 6.75. The number of esters is 1. The van der Waals surface area contributed by atoms with Gasteiger partial charge in [0, 0.05) is 23.6 Å². The Balaban J connectivity index is 1.80. The molecule has 1 heterocycles. The fraction of sp³-hybridized carbons (Fsp3) is 0.241. The van der Waals surface area contributed by atoms with Crippen molar-refractivity contribution in [1.29, 1.82) is 0 Å². The number of nitrogens with zero attached hydrogens (tertiary/aromatic N) is 1. The quantitative estimate of drug-likeness (QED) is 0.208. The molecule has 4 rings (SSSR count). The van der Waals surface area contributed by atoms with Crippen LogP contribution in [0.4, 0.5) is 0 Å². The molecular weight excluding hydrogens is 410 g/mol. The van der Waals surface area contributed by atoms with Crippen molar-refractivity contribution in [3.8, 4) is 11.1 Å². The largest absolute Gasteiger partial charge is 0.463 e. The predicted molar refractivity (Wildman–Crippen MR) is 133 cm³/mol. The second-order valence-electron chi connectivity index (χ2n) is 9.54. The lowest BCUT2D eigenvalue weighted by Crippen LogP contribution is -2.15. The van der Waals surface area contributed by atoms with Gasteiger partial charge in [-0.1, -0.05) is 80.9 Å². The highest BCUT2D eigenvalue weighted by Crippen LogP contribution is 2.30. The van der Waals surface area contributed by atoms with E-state index in [-0.39, 0.29) is 5.41 Å². The molecule has 0 atom stereocenters. The number of hydrogen-bond acceptors (Lipinski definition) is 3. The summed E-state index contributed by atoms with van der Waals surface area (Å²) in [5.74, 6) is -1.49. The molecule has 4 nitrogen and oxygen atoms in total. The number of aromatic nitrogens is 1. The van der Waals surface area contributed by atoms with Gasteiger partial charge in [-0.3, -0.25) is 4.79 Å². The first-order valence-electron chi connectivity index (χ1n) is 11.1. The monoisotopic (exact) mass is 439 g/mol. The standard InChI is InChI=1S/C29H29NO3/c1-19-7-6-8-21(15-19)22-11-14-26-24(16-22)25(27(31)28(32)33-5)18-30(26)17-20-9-12-23(13-10-20)29(2,3)4/h6-16,18H,17H2,1-5H3. The zero-order chi connectivity index (χ0) is 23.8. The van der Waals surface area contributed by atoms with Crippen LogP contribution in [0.25, 0.3) is 22.0 Å². The number of ether oxygens (including phenoxy) is 1. The molecule has 0 N–H and O–H groups in total. The van der Waals surface area contributed by atoms with Crippen molar-refractivity contribution in [1.82, 2.24) is 4.57 Å². The summed E-state index contributed by atoms with van der Waals surface area (Å²) in [6.07, 6.45) is 1.77. The average Bonchev–Trinajstić information content (AvgIpc) is 3.15. The van der Waals surface area contributed by atoms with Gasteiger partial charge in [0.15, 0.2) is 0 Å². The number of fused-ring (bicyclic) bond motifs is 1. The first-order chi connectivity index (χ1) is 15.7. The number of ketones is 1. The molecule has 0 fully saturated rings. The molecule has 0 aliphatic heterocycles. The van der Waals surface area contributed by atoms with E-state index in [1.807, 2.05) is 28.8 Å². The highest BCUT2D eigenvalue weighted by atomic mass is 16.5. The average molecular weight is 440 g/mol. The summed E-state index contributed by atoms with van der Waals surface area (Å²) in [7, 11) is 1.23. The van der Waals surface area contributed by atoms with Gasteiger partial charge in [-0.15, -0.1) is 0 Å². The number of carbonyl (C=O) groups excluding carboxylic acids is 2. The van der Waals surface area contributed by atoms with Crippen molar-refractivity contribution in [2.24, 2.45) is 0 Å². The van der Waals surface area contributed by atoms with E-state index in [9.17, 15) is 9.59 Å². The third-order valence-electron chi connectivity index (χ3n) is 6.02. The van der Waals surface area contributed by atoms with Crippen LogP contribution in [0.15, 0.2) is 72.9 Å². The van der Waals surface area contributed by atoms with Crippen molar-refractivity contribution in [3.05, 3.63) is 95.2 Å². The SMILES string of the molecule is COC(=O)C(=O)c1cn(Cc2ccc(C(C)(C)C)cc2)c2ccc(-c3cccc(C)c3)cc12. The second-order valence-corrected chi connectivity index (χ2v) is 9.54. The minimum absolute atomic E-state index is 0.0883. The molecule has 33 heavy (non-hydrogen) atoms. The van der Waals surface area contributed by atoms with Crippen molar-refractivity contribution in [2.75, 3.05) is 7.11 Å². The fourth-order valence-electron chi connectivity index (χ4n) is 4.12. The normalized spacial score (nSPS) is 11.5. The molecule has 0 radical (unpaired) electrons. The summed E-state index contributed by atoms with van der Waals surface area (Å²) in [4.78, 5) is 24.9. The Morgan fingerprint density at radius 2 is 1.61 bits per heavy atom. The number of methoxy groups -OCH3 is 1. The Kier molecular flexibility index (Phi) is 5.94. The van der Waals surface area contributed by atoms with E-state index >= 15 is 0 Å². The van der Waals surface area contributed by atoms with Crippen LogP contribution in [0.5, 0.6) is 0 Å². The number of Topliss-reactive ketones (excluding diaryl/α,β-unsaturated/α-hetero) is 1. The van der Waals surface area contributed by atoms with Gasteiger partial charge in [0.05, 0.1) is 12.7 Å². The highest BCUT2D eigenvalue weighted by Gasteiger charge is 2.23. The summed E-state index contributed by atoms with van der Waals surface area (Å²) >= 11 is 0. The fourth-order valence-corrected chi connectivity index (χ4v) is 4.12. The van der Waals surface area contributed by atoms with Crippen LogP contribution in [0, 0.1) is 6.92 Å². The zero-order valence-corrected chi connectivity index (χ0v) is 19.8. The number of benzene rings is 3. The van der Waals surface area contributed by atoms with E-state index in [2.05, 4.69) is 70.2 Å². The molecule has 3 aromatic carbocycles. The Morgan fingerprint density at radius 3 is 2.24 bits per heavy atom. The van der Waals surface area contributed by atoms with E-state index in [0.29, 0.717) is 12.1 Å². The molecule has 0 saturated carbocycles. The zero-order valence-electron chi connectivity index (χ0n) is 19.8. The van der Waals surface area contributed by atoms with Crippen molar-refractivity contribution >= 4 is 22.7 Å². The molecular formula is C29H29NO3. The van der Waals surface area contributed by atoms with E-state index in [1.54, 1.807) is 6.20 Å². The predicted octanol–water partition coefficient (Wildman–Crippen LogP) is 6.32. The van der Waals surface area contributed by atoms with Crippen LogP contribution in [-0.2, 0) is 21.5 Å². The third kappa shape index (κ3) is 4.61. The number of hydrogen-bond donors (Lipinski definition) is 0. The van der Waals surface area contributed by atoms with Crippen LogP contribution >= 0.6 is 0 Å². The molecule has 0 unspecified atom stereocenters. The lowest BCUT2D eigenvalue weighted by Gasteiger charge is -2.19. The molecule has 0 amide bonds. The molecule has 0 spiro atoms. The number of rotatable bonds is 5. The highest BCUT2D eigenvalue weighted by molar-refractivity contribution is 6.43. The maximum atomic E-state index is 12.8. The smallest absolute Gasteiger partial charge is 0.379 e. The first kappa shape index (κ1) is 22.5. The maximum absolute atomic E-state index is 12.8. The van der Waals surface area contributed by atoms with Crippen molar-refractivity contribution in [2.45, 2.75) is 39.7 Å². The second kappa shape index (κ2) is 8.70. The van der Waals surface area contributed by atoms with E-state index in [1.165, 1.54) is 12.7 Å². The molecule has 0 bridgehead atoms. The lowest BCUT2D eigenvalue weighted by atomic mass is 9.87. The lowest BCUT2D eigenvalue weighted by molar-refractivity contribution is -0.135. The van der Waals surface area contributed by atoms with Gasteiger partial charge in [-0.25, -0.2) is 4.79 Å². The maximum Gasteiger partial charge on any atom is 0.379 e. The number of aryl methyl sites for hydroxylation is 1. The summed E-state index contributed by atoms with van der Waals surface area (Å²) in [6, 6.07) is 22.8. The number of carbonyl (C=O) groups is 2. The van der Waals surface area contributed by atoms with Gasteiger partial charge < -0.3 is 9.30 Å². The molecule has 168 valence electrons. The third-order valence-corrected chi connectivity index (χ3v) is 6.02. The topological polar surface area (TPSA) is 48.3 Å². The summed E-state index contributed by atoms with van der Waals surface area (Å²) in [5.41, 5.74) is 6.97. The van der Waals surface area contributed by atoms with Gasteiger partial charge in [-0.05, 0) is 46.7 Å². The molecule has 0 aliphatic carbocycles. The van der Waals surface area contributed by atoms with Crippen molar-refractivity contribution < 1.29 is 14.3 Å². The molecule has 4 aromatic rings. The first-order valence-corrected chi connectivity index (χ1v) is 11.1.